The van der Waals surface area contributed by atoms with Crippen molar-refractivity contribution in [2.45, 2.75) is 43.9 Å². The highest BCUT2D eigenvalue weighted by molar-refractivity contribution is 7.89. The van der Waals surface area contributed by atoms with Gasteiger partial charge >= 0.3 is 0 Å². The van der Waals surface area contributed by atoms with E-state index in [1.165, 1.54) is 30.9 Å². The number of likely N-dealkylation sites (tertiary alicyclic amines) is 1. The molecule has 3 rings (SSSR count). The van der Waals surface area contributed by atoms with E-state index >= 15 is 0 Å². The molecular weight excluding hydrogens is 428 g/mol. The molecule has 7 nitrogen and oxygen atoms in total. The number of sulfonamides is 1. The van der Waals surface area contributed by atoms with Crippen LogP contribution in [0.25, 0.3) is 0 Å². The first-order valence-corrected chi connectivity index (χ1v) is 12.3. The monoisotopic (exact) mass is 460 g/mol. The molecule has 1 fully saturated rings. The van der Waals surface area contributed by atoms with Crippen LogP contribution in [0.2, 0.25) is 0 Å². The zero-order chi connectivity index (χ0) is 23.4. The summed E-state index contributed by atoms with van der Waals surface area (Å²) in [6.45, 7) is 8.05. The van der Waals surface area contributed by atoms with Crippen molar-refractivity contribution in [3.05, 3.63) is 53.6 Å². The summed E-state index contributed by atoms with van der Waals surface area (Å²) in [4.78, 5) is 14.6. The number of carbonyl (C=O) groups is 1. The van der Waals surface area contributed by atoms with Crippen LogP contribution in [0, 0.1) is 0 Å². The van der Waals surface area contributed by atoms with Gasteiger partial charge in [0.05, 0.1) is 17.6 Å². The van der Waals surface area contributed by atoms with Crippen LogP contribution in [0.15, 0.2) is 47.4 Å². The summed E-state index contributed by atoms with van der Waals surface area (Å²) < 4.78 is 39.0. The molecule has 0 saturated carbocycles. The van der Waals surface area contributed by atoms with Crippen molar-refractivity contribution >= 4 is 15.9 Å². The Balaban J connectivity index is 1.62. The maximum absolute atomic E-state index is 12.8. The summed E-state index contributed by atoms with van der Waals surface area (Å²) in [5.41, 5.74) is 1.51. The van der Waals surface area contributed by atoms with E-state index in [4.69, 9.17) is 9.47 Å². The zero-order valence-corrected chi connectivity index (χ0v) is 20.0. The Morgan fingerprint density at radius 3 is 2.31 bits per heavy atom. The van der Waals surface area contributed by atoms with Crippen LogP contribution in [0.3, 0.4) is 0 Å². The summed E-state index contributed by atoms with van der Waals surface area (Å²) in [5.74, 6) is 0.835. The molecule has 1 aliphatic heterocycles. The lowest BCUT2D eigenvalue weighted by Crippen LogP contribution is -2.30. The number of hydrogen-bond donors (Lipinski definition) is 1. The van der Waals surface area contributed by atoms with E-state index in [2.05, 4.69) is 25.5 Å². The SMILES string of the molecule is COc1ccc(S(=O)(=O)NCCOc2ccc(C(C)(C)C)cc2)cc1C(=O)N1CCCC1. The molecule has 0 aliphatic carbocycles. The Hall–Kier alpha value is -2.58. The maximum atomic E-state index is 12.8. The Kier molecular flexibility index (Phi) is 7.46. The minimum Gasteiger partial charge on any atom is -0.496 e. The van der Waals surface area contributed by atoms with E-state index in [1.54, 1.807) is 4.90 Å². The van der Waals surface area contributed by atoms with E-state index < -0.39 is 10.0 Å². The largest absolute Gasteiger partial charge is 0.496 e. The number of rotatable bonds is 8. The molecule has 1 aliphatic rings. The molecule has 1 N–H and O–H groups in total. The van der Waals surface area contributed by atoms with Gasteiger partial charge in [-0.25, -0.2) is 13.1 Å². The molecule has 2 aromatic rings. The molecule has 0 bridgehead atoms. The second kappa shape index (κ2) is 9.92. The fourth-order valence-electron chi connectivity index (χ4n) is 3.59. The van der Waals surface area contributed by atoms with Gasteiger partial charge in [-0.05, 0) is 54.2 Å². The second-order valence-corrected chi connectivity index (χ2v) is 10.6. The lowest BCUT2D eigenvalue weighted by atomic mass is 9.87. The van der Waals surface area contributed by atoms with E-state index in [1.807, 2.05) is 24.3 Å². The topological polar surface area (TPSA) is 84.9 Å². The predicted octanol–water partition coefficient (Wildman–Crippen LogP) is 3.59. The summed E-state index contributed by atoms with van der Waals surface area (Å²) in [7, 11) is -2.34. The minimum absolute atomic E-state index is 0.0235. The van der Waals surface area contributed by atoms with Crippen molar-refractivity contribution in [2.75, 3.05) is 33.4 Å². The van der Waals surface area contributed by atoms with Gasteiger partial charge in [-0.3, -0.25) is 4.79 Å². The average molecular weight is 461 g/mol. The molecule has 32 heavy (non-hydrogen) atoms. The van der Waals surface area contributed by atoms with Gasteiger partial charge in [0.1, 0.15) is 18.1 Å². The lowest BCUT2D eigenvalue weighted by Gasteiger charge is -2.19. The minimum atomic E-state index is -3.80. The normalized spacial score (nSPS) is 14.4. The number of carbonyl (C=O) groups excluding carboxylic acids is 1. The van der Waals surface area contributed by atoms with Gasteiger partial charge in [-0.2, -0.15) is 0 Å². The molecule has 174 valence electrons. The van der Waals surface area contributed by atoms with Crippen molar-refractivity contribution in [1.82, 2.24) is 9.62 Å². The molecule has 0 aromatic heterocycles. The first-order chi connectivity index (χ1) is 15.1. The van der Waals surface area contributed by atoms with E-state index in [9.17, 15) is 13.2 Å². The van der Waals surface area contributed by atoms with Crippen LogP contribution in [-0.4, -0.2) is 52.6 Å². The molecular formula is C24H32N2O5S. The van der Waals surface area contributed by atoms with Gasteiger partial charge in [-0.1, -0.05) is 32.9 Å². The third-order valence-electron chi connectivity index (χ3n) is 5.49. The van der Waals surface area contributed by atoms with Crippen LogP contribution >= 0.6 is 0 Å². The third-order valence-corrected chi connectivity index (χ3v) is 6.95. The standard InChI is InChI=1S/C24H32N2O5S/c1-24(2,3)18-7-9-19(10-8-18)31-16-13-25-32(28,29)20-11-12-22(30-4)21(17-20)23(27)26-14-5-6-15-26/h7-12,17,25H,5-6,13-16H2,1-4H3. The molecule has 1 saturated heterocycles. The van der Waals surface area contributed by atoms with Crippen LogP contribution in [0.1, 0.15) is 49.5 Å². The molecule has 1 amide bonds. The van der Waals surface area contributed by atoms with Gasteiger partial charge in [0, 0.05) is 19.6 Å². The third kappa shape index (κ3) is 5.81. The maximum Gasteiger partial charge on any atom is 0.257 e. The smallest absolute Gasteiger partial charge is 0.257 e. The number of nitrogens with zero attached hydrogens (tertiary/aromatic N) is 1. The van der Waals surface area contributed by atoms with Crippen molar-refractivity contribution in [3.8, 4) is 11.5 Å². The van der Waals surface area contributed by atoms with Crippen LogP contribution in [0.5, 0.6) is 11.5 Å². The summed E-state index contributed by atoms with van der Waals surface area (Å²) in [5, 5.41) is 0. The van der Waals surface area contributed by atoms with E-state index in [0.29, 0.717) is 24.6 Å². The Labute approximate surface area is 190 Å². The van der Waals surface area contributed by atoms with E-state index in [0.717, 1.165) is 12.8 Å². The summed E-state index contributed by atoms with van der Waals surface area (Å²) in [6.07, 6.45) is 1.90. The summed E-state index contributed by atoms with van der Waals surface area (Å²) in [6, 6.07) is 12.1. The van der Waals surface area contributed by atoms with E-state index in [-0.39, 0.29) is 34.9 Å². The molecule has 1 heterocycles. The number of amides is 1. The van der Waals surface area contributed by atoms with Crippen molar-refractivity contribution in [2.24, 2.45) is 0 Å². The fraction of sp³-hybridized carbons (Fsp3) is 0.458. The highest BCUT2D eigenvalue weighted by Crippen LogP contribution is 2.26. The Morgan fingerprint density at radius 2 is 1.72 bits per heavy atom. The van der Waals surface area contributed by atoms with Crippen molar-refractivity contribution in [3.63, 3.8) is 0 Å². The quantitative estimate of drug-likeness (QED) is 0.609. The fourth-order valence-corrected chi connectivity index (χ4v) is 4.63. The Bertz CT molecular complexity index is 1040. The first-order valence-electron chi connectivity index (χ1n) is 10.8. The Morgan fingerprint density at radius 1 is 1.06 bits per heavy atom. The molecule has 0 atom stereocenters. The van der Waals surface area contributed by atoms with Gasteiger partial charge in [-0.15, -0.1) is 0 Å². The predicted molar refractivity (Wildman–Crippen MR) is 124 cm³/mol. The average Bonchev–Trinajstić information content (AvgIpc) is 3.30. The molecule has 0 unspecified atom stereocenters. The van der Waals surface area contributed by atoms with Crippen molar-refractivity contribution < 1.29 is 22.7 Å². The lowest BCUT2D eigenvalue weighted by molar-refractivity contribution is 0.0789. The van der Waals surface area contributed by atoms with Gasteiger partial charge in [0.15, 0.2) is 0 Å². The first kappa shape index (κ1) is 24.1. The number of benzene rings is 2. The van der Waals surface area contributed by atoms with Crippen LogP contribution in [0.4, 0.5) is 0 Å². The summed E-state index contributed by atoms with van der Waals surface area (Å²) >= 11 is 0. The van der Waals surface area contributed by atoms with Gasteiger partial charge < -0.3 is 14.4 Å². The number of nitrogens with one attached hydrogen (secondary N) is 1. The second-order valence-electron chi connectivity index (χ2n) is 8.88. The molecule has 0 radical (unpaired) electrons. The highest BCUT2D eigenvalue weighted by atomic mass is 32.2. The molecule has 8 heteroatoms. The number of methoxy groups -OCH3 is 1. The van der Waals surface area contributed by atoms with Crippen LogP contribution in [-0.2, 0) is 15.4 Å². The van der Waals surface area contributed by atoms with Crippen LogP contribution < -0.4 is 14.2 Å². The highest BCUT2D eigenvalue weighted by Gasteiger charge is 2.25. The zero-order valence-electron chi connectivity index (χ0n) is 19.2. The number of hydrogen-bond acceptors (Lipinski definition) is 5. The molecule has 0 spiro atoms. The number of ether oxygens (including phenoxy) is 2. The van der Waals surface area contributed by atoms with Gasteiger partial charge in [0.2, 0.25) is 10.0 Å². The van der Waals surface area contributed by atoms with Gasteiger partial charge in [0.25, 0.3) is 5.91 Å². The molecule has 2 aromatic carbocycles. The van der Waals surface area contributed by atoms with Crippen molar-refractivity contribution in [1.29, 1.82) is 0 Å².